The molecule has 0 heterocycles. The third kappa shape index (κ3) is 2.89. The van der Waals surface area contributed by atoms with E-state index in [1.54, 1.807) is 25.1 Å². The van der Waals surface area contributed by atoms with Gasteiger partial charge in [-0.25, -0.2) is 8.42 Å². The topological polar surface area (TPSA) is 51.2 Å². The first-order valence-corrected chi connectivity index (χ1v) is 7.97. The zero-order valence-electron chi connectivity index (χ0n) is 9.41. The summed E-state index contributed by atoms with van der Waals surface area (Å²) in [5.41, 5.74) is 0.279. The van der Waals surface area contributed by atoms with E-state index >= 15 is 0 Å². The molecule has 94 valence electrons. The summed E-state index contributed by atoms with van der Waals surface area (Å²) in [4.78, 5) is 12.2. The van der Waals surface area contributed by atoms with Gasteiger partial charge in [-0.05, 0) is 18.6 Å². The first kappa shape index (κ1) is 14.7. The van der Waals surface area contributed by atoms with Gasteiger partial charge in [-0.1, -0.05) is 46.6 Å². The van der Waals surface area contributed by atoms with E-state index in [0.717, 1.165) is 6.26 Å². The lowest BCUT2D eigenvalue weighted by Crippen LogP contribution is -2.39. The van der Waals surface area contributed by atoms with Crippen LogP contribution in [-0.4, -0.2) is 24.1 Å². The van der Waals surface area contributed by atoms with Crippen LogP contribution in [0.3, 0.4) is 0 Å². The van der Waals surface area contributed by atoms with Crippen molar-refractivity contribution >= 4 is 43.2 Å². The van der Waals surface area contributed by atoms with Gasteiger partial charge in [0.2, 0.25) is 0 Å². The van der Waals surface area contributed by atoms with Crippen molar-refractivity contribution < 1.29 is 13.2 Å². The summed E-state index contributed by atoms with van der Waals surface area (Å²) in [6.07, 6.45) is 1.19. The zero-order chi connectivity index (χ0) is 13.3. The fourth-order valence-corrected chi connectivity index (χ4v) is 2.83. The molecule has 0 radical (unpaired) electrons. The molecule has 0 N–H and O–H groups in total. The fraction of sp³-hybridized carbons (Fsp3) is 0.364. The number of alkyl halides is 1. The number of benzene rings is 1. The Balaban J connectivity index is 3.29. The predicted molar refractivity (Wildman–Crippen MR) is 72.6 cm³/mol. The van der Waals surface area contributed by atoms with Crippen LogP contribution in [0.2, 0.25) is 5.02 Å². The van der Waals surface area contributed by atoms with Crippen molar-refractivity contribution in [3.63, 3.8) is 0 Å². The van der Waals surface area contributed by atoms with Crippen molar-refractivity contribution in [2.45, 2.75) is 17.0 Å². The minimum absolute atomic E-state index is 0.150. The Bertz CT molecular complexity index is 541. The van der Waals surface area contributed by atoms with E-state index in [2.05, 4.69) is 15.9 Å². The maximum Gasteiger partial charge on any atom is 0.194 e. The van der Waals surface area contributed by atoms with Crippen LogP contribution < -0.4 is 0 Å². The minimum atomic E-state index is -3.55. The number of carbonyl (C=O) groups excluding carboxylic acids is 1. The molecule has 3 nitrogen and oxygen atoms in total. The highest BCUT2D eigenvalue weighted by molar-refractivity contribution is 9.12. The summed E-state index contributed by atoms with van der Waals surface area (Å²) in [5.74, 6) is -0.495. The molecule has 0 saturated carbocycles. The van der Waals surface area contributed by atoms with E-state index in [4.69, 9.17) is 11.6 Å². The van der Waals surface area contributed by atoms with Crippen LogP contribution >= 0.6 is 27.5 Å². The summed E-state index contributed by atoms with van der Waals surface area (Å²) >= 11 is 8.83. The van der Waals surface area contributed by atoms with Crippen molar-refractivity contribution in [3.05, 3.63) is 34.9 Å². The Labute approximate surface area is 114 Å². The lowest BCUT2D eigenvalue weighted by molar-refractivity contribution is 0.0976. The molecule has 1 atom stereocenters. The number of hydrogen-bond acceptors (Lipinski definition) is 3. The van der Waals surface area contributed by atoms with Gasteiger partial charge in [-0.2, -0.15) is 0 Å². The molecule has 0 unspecified atom stereocenters. The van der Waals surface area contributed by atoms with Crippen molar-refractivity contribution in [1.29, 1.82) is 0 Å². The van der Waals surface area contributed by atoms with Crippen molar-refractivity contribution in [1.82, 2.24) is 0 Å². The van der Waals surface area contributed by atoms with E-state index in [0.29, 0.717) is 5.02 Å². The number of Topliss-reactive ketones (excluding diaryl/α,β-unsaturated/α-hetero) is 1. The SMILES string of the molecule is CC[C@](Br)(C(=O)c1cccc(Cl)c1)S(C)(=O)=O. The molecular formula is C11H12BrClO3S. The molecular weight excluding hydrogens is 328 g/mol. The number of halogens is 2. The van der Waals surface area contributed by atoms with Gasteiger partial charge in [-0.3, -0.25) is 4.79 Å². The van der Waals surface area contributed by atoms with Gasteiger partial charge < -0.3 is 0 Å². The standard InChI is InChI=1S/C11H12BrClO3S/c1-3-11(12,17(2,15)16)10(14)8-5-4-6-9(13)7-8/h4-7H,3H2,1-2H3/t11-/m1/s1. The lowest BCUT2D eigenvalue weighted by atomic mass is 10.1. The molecule has 1 aromatic carbocycles. The first-order chi connectivity index (χ1) is 7.72. The average Bonchev–Trinajstić information content (AvgIpc) is 2.25. The molecule has 0 fully saturated rings. The quantitative estimate of drug-likeness (QED) is 0.626. The minimum Gasteiger partial charge on any atom is -0.291 e. The summed E-state index contributed by atoms with van der Waals surface area (Å²) in [7, 11) is -3.55. The first-order valence-electron chi connectivity index (χ1n) is 4.91. The third-order valence-electron chi connectivity index (χ3n) is 2.47. The van der Waals surface area contributed by atoms with Crippen LogP contribution in [0.25, 0.3) is 0 Å². The Kier molecular flexibility index (Phi) is 4.38. The van der Waals surface area contributed by atoms with E-state index < -0.39 is 19.3 Å². The van der Waals surface area contributed by atoms with Crippen molar-refractivity contribution in [2.75, 3.05) is 6.26 Å². The molecule has 0 spiro atoms. The number of rotatable bonds is 4. The second-order valence-corrected chi connectivity index (χ2v) is 8.25. The van der Waals surface area contributed by atoms with E-state index in [1.807, 2.05) is 0 Å². The number of hydrogen-bond donors (Lipinski definition) is 0. The maximum absolute atomic E-state index is 12.2. The highest BCUT2D eigenvalue weighted by Crippen LogP contribution is 2.33. The van der Waals surface area contributed by atoms with Gasteiger partial charge in [0.15, 0.2) is 19.3 Å². The Morgan fingerprint density at radius 3 is 2.47 bits per heavy atom. The van der Waals surface area contributed by atoms with Gasteiger partial charge in [0.05, 0.1) is 0 Å². The predicted octanol–water partition coefficient (Wildman–Crippen LogP) is 3.07. The number of ketones is 1. The molecule has 0 aliphatic rings. The van der Waals surface area contributed by atoms with Crippen molar-refractivity contribution in [3.8, 4) is 0 Å². The normalized spacial score (nSPS) is 15.3. The third-order valence-corrected chi connectivity index (χ3v) is 7.04. The average molecular weight is 340 g/mol. The van der Waals surface area contributed by atoms with Crippen LogP contribution in [0.4, 0.5) is 0 Å². The van der Waals surface area contributed by atoms with Crippen LogP contribution in [0.15, 0.2) is 24.3 Å². The summed E-state index contributed by atoms with van der Waals surface area (Å²) in [6.45, 7) is 1.64. The van der Waals surface area contributed by atoms with Gasteiger partial charge >= 0.3 is 0 Å². The highest BCUT2D eigenvalue weighted by Gasteiger charge is 2.44. The second-order valence-electron chi connectivity index (χ2n) is 3.69. The summed E-state index contributed by atoms with van der Waals surface area (Å²) in [6, 6.07) is 6.24. The van der Waals surface area contributed by atoms with E-state index in [1.165, 1.54) is 6.07 Å². The van der Waals surface area contributed by atoms with Gasteiger partial charge in [0.25, 0.3) is 0 Å². The molecule has 0 aliphatic heterocycles. The molecule has 0 bridgehead atoms. The molecule has 0 amide bonds. The largest absolute Gasteiger partial charge is 0.291 e. The monoisotopic (exact) mass is 338 g/mol. The van der Waals surface area contributed by atoms with Crippen LogP contribution in [0, 0.1) is 0 Å². The van der Waals surface area contributed by atoms with Crippen LogP contribution in [0.5, 0.6) is 0 Å². The zero-order valence-corrected chi connectivity index (χ0v) is 12.6. The molecule has 6 heteroatoms. The second kappa shape index (κ2) is 5.08. The Hall–Kier alpha value is -0.390. The van der Waals surface area contributed by atoms with E-state index in [-0.39, 0.29) is 12.0 Å². The molecule has 0 saturated heterocycles. The van der Waals surface area contributed by atoms with Gasteiger partial charge in [0.1, 0.15) is 0 Å². The molecule has 1 rings (SSSR count). The molecule has 17 heavy (non-hydrogen) atoms. The Morgan fingerprint density at radius 1 is 1.47 bits per heavy atom. The fourth-order valence-electron chi connectivity index (χ4n) is 1.44. The lowest BCUT2D eigenvalue weighted by Gasteiger charge is -2.22. The maximum atomic E-state index is 12.2. The molecule has 0 aliphatic carbocycles. The Morgan fingerprint density at radius 2 is 2.06 bits per heavy atom. The highest BCUT2D eigenvalue weighted by atomic mass is 79.9. The van der Waals surface area contributed by atoms with Crippen LogP contribution in [0.1, 0.15) is 23.7 Å². The molecule has 0 aromatic heterocycles. The van der Waals surface area contributed by atoms with Gasteiger partial charge in [0, 0.05) is 16.8 Å². The summed E-state index contributed by atoms with van der Waals surface area (Å²) < 4.78 is 21.8. The number of carbonyl (C=O) groups is 1. The molecule has 1 aromatic rings. The van der Waals surface area contributed by atoms with Gasteiger partial charge in [-0.15, -0.1) is 0 Å². The van der Waals surface area contributed by atoms with Crippen molar-refractivity contribution in [2.24, 2.45) is 0 Å². The van der Waals surface area contributed by atoms with Crippen LogP contribution in [-0.2, 0) is 9.84 Å². The van der Waals surface area contributed by atoms with E-state index in [9.17, 15) is 13.2 Å². The number of sulfone groups is 1. The smallest absolute Gasteiger partial charge is 0.194 e. The summed E-state index contributed by atoms with van der Waals surface area (Å²) in [5, 5.41) is 0.398.